The summed E-state index contributed by atoms with van der Waals surface area (Å²) in [5, 5.41) is 9.32. The van der Waals surface area contributed by atoms with Gasteiger partial charge in [0, 0.05) is 12.2 Å². The van der Waals surface area contributed by atoms with Crippen molar-refractivity contribution in [3.63, 3.8) is 0 Å². The molecule has 6 nitrogen and oxygen atoms in total. The van der Waals surface area contributed by atoms with E-state index in [1.807, 2.05) is 0 Å². The topological polar surface area (TPSA) is 88.8 Å². The molecule has 2 heterocycles. The first-order chi connectivity index (χ1) is 8.79. The molecule has 19 heavy (non-hydrogen) atoms. The molecule has 0 amide bonds. The number of aryl methyl sites for hydroxylation is 2. The van der Waals surface area contributed by atoms with Gasteiger partial charge in [0.15, 0.2) is 0 Å². The van der Waals surface area contributed by atoms with E-state index in [9.17, 15) is 13.5 Å². The molecule has 2 N–H and O–H groups in total. The van der Waals surface area contributed by atoms with Gasteiger partial charge >= 0.3 is 0 Å². The number of aliphatic hydroxyl groups excluding tert-OH is 1. The largest absolute Gasteiger partial charge is 0.465 e. The molecule has 0 aliphatic carbocycles. The van der Waals surface area contributed by atoms with E-state index in [-0.39, 0.29) is 17.3 Å². The summed E-state index contributed by atoms with van der Waals surface area (Å²) in [6.07, 6.45) is 0.622. The lowest BCUT2D eigenvalue weighted by Gasteiger charge is -2.23. The number of hydrogen-bond acceptors (Lipinski definition) is 5. The first kappa shape index (κ1) is 14.5. The van der Waals surface area contributed by atoms with Crippen LogP contribution >= 0.6 is 0 Å². The monoisotopic (exact) mass is 289 g/mol. The van der Waals surface area contributed by atoms with E-state index in [1.165, 1.54) is 0 Å². The second-order valence-electron chi connectivity index (χ2n) is 5.15. The standard InChI is InChI=1S/C12H19NO5S/c1-8-10(6-14)11(9(2)18-8)19(15,16)13-12(3)4-5-17-7-12/h13-14H,4-7H2,1-3H3. The quantitative estimate of drug-likeness (QED) is 0.857. The van der Waals surface area contributed by atoms with Gasteiger partial charge in [0.25, 0.3) is 0 Å². The van der Waals surface area contributed by atoms with Crippen LogP contribution in [-0.4, -0.2) is 32.3 Å². The zero-order chi connectivity index (χ0) is 14.3. The van der Waals surface area contributed by atoms with Gasteiger partial charge in [0.2, 0.25) is 10.0 Å². The molecular weight excluding hydrogens is 270 g/mol. The molecule has 7 heteroatoms. The molecular formula is C12H19NO5S. The first-order valence-electron chi connectivity index (χ1n) is 6.10. The highest BCUT2D eigenvalue weighted by Gasteiger charge is 2.37. The van der Waals surface area contributed by atoms with Crippen LogP contribution in [0.1, 0.15) is 30.4 Å². The number of hydrogen-bond donors (Lipinski definition) is 2. The van der Waals surface area contributed by atoms with Gasteiger partial charge in [-0.2, -0.15) is 0 Å². The Morgan fingerprint density at radius 1 is 1.37 bits per heavy atom. The Balaban J connectivity index is 2.40. The molecule has 0 aromatic carbocycles. The number of aliphatic hydroxyl groups is 1. The highest BCUT2D eigenvalue weighted by molar-refractivity contribution is 7.89. The van der Waals surface area contributed by atoms with E-state index in [0.29, 0.717) is 31.0 Å². The molecule has 108 valence electrons. The number of ether oxygens (including phenoxy) is 1. The van der Waals surface area contributed by atoms with Gasteiger partial charge in [-0.1, -0.05) is 0 Å². The van der Waals surface area contributed by atoms with Gasteiger partial charge in [-0.3, -0.25) is 0 Å². The van der Waals surface area contributed by atoms with Crippen molar-refractivity contribution in [3.8, 4) is 0 Å². The summed E-state index contributed by atoms with van der Waals surface area (Å²) in [6, 6.07) is 0. The molecule has 0 radical (unpaired) electrons. The second-order valence-corrected chi connectivity index (χ2v) is 6.77. The number of sulfonamides is 1. The minimum atomic E-state index is -3.74. The minimum absolute atomic E-state index is 0.0422. The molecule has 1 saturated heterocycles. The van der Waals surface area contributed by atoms with Gasteiger partial charge in [0.1, 0.15) is 16.4 Å². The molecule has 2 rings (SSSR count). The SMILES string of the molecule is Cc1oc(C)c(S(=O)(=O)NC2(C)CCOC2)c1CO. The van der Waals surface area contributed by atoms with Crippen LogP contribution in [0.15, 0.2) is 9.31 Å². The Hall–Kier alpha value is -0.890. The maximum absolute atomic E-state index is 12.5. The van der Waals surface area contributed by atoms with E-state index >= 15 is 0 Å². The fraction of sp³-hybridized carbons (Fsp3) is 0.667. The molecule has 0 saturated carbocycles. The lowest BCUT2D eigenvalue weighted by Crippen LogP contribution is -2.46. The summed E-state index contributed by atoms with van der Waals surface area (Å²) in [7, 11) is -3.74. The molecule has 0 bridgehead atoms. The molecule has 1 aromatic heterocycles. The third kappa shape index (κ3) is 2.69. The molecule has 1 fully saturated rings. The fourth-order valence-corrected chi connectivity index (χ4v) is 4.23. The average molecular weight is 289 g/mol. The Morgan fingerprint density at radius 2 is 2.05 bits per heavy atom. The third-order valence-corrected chi connectivity index (χ3v) is 5.18. The highest BCUT2D eigenvalue weighted by Crippen LogP contribution is 2.29. The Labute approximate surface area is 112 Å². The maximum atomic E-state index is 12.5. The van der Waals surface area contributed by atoms with Crippen LogP contribution in [0.25, 0.3) is 0 Å². The van der Waals surface area contributed by atoms with Crippen LogP contribution in [0.4, 0.5) is 0 Å². The van der Waals surface area contributed by atoms with Crippen molar-refractivity contribution in [1.82, 2.24) is 4.72 Å². The zero-order valence-electron chi connectivity index (χ0n) is 11.3. The minimum Gasteiger partial charge on any atom is -0.465 e. The average Bonchev–Trinajstić information content (AvgIpc) is 2.81. The summed E-state index contributed by atoms with van der Waals surface area (Å²) in [6.45, 7) is 5.53. The molecule has 1 atom stereocenters. The number of rotatable bonds is 4. The zero-order valence-corrected chi connectivity index (χ0v) is 12.1. The molecule has 1 unspecified atom stereocenters. The molecule has 0 spiro atoms. The predicted molar refractivity (Wildman–Crippen MR) is 68.3 cm³/mol. The summed E-state index contributed by atoms with van der Waals surface area (Å²) in [5.41, 5.74) is -0.295. The van der Waals surface area contributed by atoms with Crippen molar-refractivity contribution in [1.29, 1.82) is 0 Å². The summed E-state index contributed by atoms with van der Waals surface area (Å²) in [5.74, 6) is 0.713. The van der Waals surface area contributed by atoms with Crippen molar-refractivity contribution < 1.29 is 22.7 Å². The van der Waals surface area contributed by atoms with Crippen molar-refractivity contribution in [2.45, 2.75) is 44.2 Å². The van der Waals surface area contributed by atoms with Gasteiger partial charge in [-0.15, -0.1) is 0 Å². The first-order valence-corrected chi connectivity index (χ1v) is 7.59. The van der Waals surface area contributed by atoms with Crippen LogP contribution in [-0.2, 0) is 21.4 Å². The van der Waals surface area contributed by atoms with Crippen molar-refractivity contribution >= 4 is 10.0 Å². The van der Waals surface area contributed by atoms with Crippen molar-refractivity contribution in [2.75, 3.05) is 13.2 Å². The maximum Gasteiger partial charge on any atom is 0.244 e. The van der Waals surface area contributed by atoms with E-state index in [1.54, 1.807) is 20.8 Å². The predicted octanol–water partition coefficient (Wildman–Crippen LogP) is 0.846. The summed E-state index contributed by atoms with van der Waals surface area (Å²) in [4.78, 5) is 0.0422. The van der Waals surface area contributed by atoms with Gasteiger partial charge in [-0.05, 0) is 27.2 Å². The van der Waals surface area contributed by atoms with E-state index in [4.69, 9.17) is 9.15 Å². The van der Waals surface area contributed by atoms with Crippen molar-refractivity contribution in [2.24, 2.45) is 0 Å². The Bertz CT molecular complexity index is 569. The highest BCUT2D eigenvalue weighted by atomic mass is 32.2. The normalized spacial score (nSPS) is 24.0. The van der Waals surface area contributed by atoms with Gasteiger partial charge in [0.05, 0.1) is 18.8 Å². The van der Waals surface area contributed by atoms with Gasteiger partial charge in [-0.25, -0.2) is 13.1 Å². The van der Waals surface area contributed by atoms with E-state index in [2.05, 4.69) is 4.72 Å². The van der Waals surface area contributed by atoms with Crippen molar-refractivity contribution in [3.05, 3.63) is 17.1 Å². The second kappa shape index (κ2) is 4.90. The van der Waals surface area contributed by atoms with Crippen LogP contribution in [0, 0.1) is 13.8 Å². The molecule has 1 aromatic rings. The van der Waals surface area contributed by atoms with E-state index < -0.39 is 15.6 Å². The van der Waals surface area contributed by atoms with Crippen LogP contribution < -0.4 is 4.72 Å². The lowest BCUT2D eigenvalue weighted by molar-refractivity contribution is 0.178. The summed E-state index contributed by atoms with van der Waals surface area (Å²) >= 11 is 0. The van der Waals surface area contributed by atoms with Gasteiger partial charge < -0.3 is 14.3 Å². The number of nitrogens with one attached hydrogen (secondary N) is 1. The Morgan fingerprint density at radius 3 is 2.58 bits per heavy atom. The molecule has 1 aliphatic heterocycles. The Kier molecular flexibility index (Phi) is 3.74. The molecule has 1 aliphatic rings. The smallest absolute Gasteiger partial charge is 0.244 e. The fourth-order valence-electron chi connectivity index (χ4n) is 2.37. The lowest BCUT2D eigenvalue weighted by atomic mass is 10.0. The van der Waals surface area contributed by atoms with Crippen LogP contribution in [0.2, 0.25) is 0 Å². The summed E-state index contributed by atoms with van der Waals surface area (Å²) < 4.78 is 38.1. The van der Waals surface area contributed by atoms with Crippen LogP contribution in [0.3, 0.4) is 0 Å². The number of furan rings is 1. The van der Waals surface area contributed by atoms with Crippen LogP contribution in [0.5, 0.6) is 0 Å². The van der Waals surface area contributed by atoms with E-state index in [0.717, 1.165) is 0 Å². The third-order valence-electron chi connectivity index (χ3n) is 3.35.